The molecule has 1 aromatic rings. The van der Waals surface area contributed by atoms with Crippen molar-refractivity contribution in [3.8, 4) is 11.5 Å². The Kier molecular flexibility index (Phi) is 6.10. The minimum absolute atomic E-state index is 0.292. The van der Waals surface area contributed by atoms with Gasteiger partial charge in [-0.15, -0.1) is 0 Å². The van der Waals surface area contributed by atoms with E-state index in [1.54, 1.807) is 6.07 Å². The van der Waals surface area contributed by atoms with E-state index in [1.807, 2.05) is 26.0 Å². The Balaban J connectivity index is 1.94. The van der Waals surface area contributed by atoms with Gasteiger partial charge in [-0.1, -0.05) is 31.6 Å². The summed E-state index contributed by atoms with van der Waals surface area (Å²) >= 11 is 0. The summed E-state index contributed by atoms with van der Waals surface area (Å²) in [6.45, 7) is 10.1. The summed E-state index contributed by atoms with van der Waals surface area (Å²) in [5.41, 5.74) is 2.49. The quantitative estimate of drug-likeness (QED) is 0.656. The minimum atomic E-state index is -0.366. The zero-order valence-corrected chi connectivity index (χ0v) is 16.1. The van der Waals surface area contributed by atoms with E-state index < -0.39 is 0 Å². The maximum Gasteiger partial charge on any atom is 0.137 e. The smallest absolute Gasteiger partial charge is 0.137 e. The van der Waals surface area contributed by atoms with Gasteiger partial charge in [-0.2, -0.15) is 0 Å². The van der Waals surface area contributed by atoms with E-state index >= 15 is 0 Å². The second-order valence-electron chi connectivity index (χ2n) is 7.83. The molecule has 1 atom stereocenters. The van der Waals surface area contributed by atoms with Gasteiger partial charge in [0.1, 0.15) is 22.9 Å². The predicted octanol–water partition coefficient (Wildman–Crippen LogP) is 5.60. The lowest BCUT2D eigenvalue weighted by Crippen LogP contribution is -2.31. The first-order valence-electron chi connectivity index (χ1n) is 9.08. The van der Waals surface area contributed by atoms with Crippen molar-refractivity contribution in [2.45, 2.75) is 65.9 Å². The molecule has 2 rings (SSSR count). The molecule has 25 heavy (non-hydrogen) atoms. The molecule has 1 unspecified atom stereocenters. The number of aromatic hydroxyl groups is 1. The van der Waals surface area contributed by atoms with Crippen LogP contribution in [0.25, 0.3) is 6.08 Å². The van der Waals surface area contributed by atoms with E-state index in [0.29, 0.717) is 30.3 Å². The molecule has 1 heterocycles. The summed E-state index contributed by atoms with van der Waals surface area (Å²) in [7, 11) is 0. The van der Waals surface area contributed by atoms with Crippen molar-refractivity contribution in [3.63, 3.8) is 0 Å². The molecule has 0 aliphatic carbocycles. The highest BCUT2D eigenvalue weighted by Crippen LogP contribution is 2.37. The zero-order chi connectivity index (χ0) is 18.6. The lowest BCUT2D eigenvalue weighted by Gasteiger charge is -2.31. The number of hydrogen-bond acceptors (Lipinski definition) is 3. The van der Waals surface area contributed by atoms with Crippen LogP contribution >= 0.6 is 0 Å². The maximum absolute atomic E-state index is 11.9. The molecule has 0 bridgehead atoms. The number of rotatable bonds is 7. The van der Waals surface area contributed by atoms with Crippen molar-refractivity contribution in [1.82, 2.24) is 0 Å². The second kappa shape index (κ2) is 7.90. The number of allylic oxidation sites excluding steroid dienone is 2. The van der Waals surface area contributed by atoms with Gasteiger partial charge in [-0.3, -0.25) is 4.79 Å². The van der Waals surface area contributed by atoms with Crippen molar-refractivity contribution in [2.24, 2.45) is 5.92 Å². The van der Waals surface area contributed by atoms with Crippen LogP contribution in [0.3, 0.4) is 0 Å². The average Bonchev–Trinajstić information content (AvgIpc) is 2.48. The standard InChI is InChI=1S/C22H30O3/c1-15(2)11-19(23)12-16(3)7-6-9-22(5)10-8-18-14-20(24)17(4)13-21(18)25-22/h7-8,10,13-15,24H,6,9,11-12H2,1-5H3/b16-7+. The van der Waals surface area contributed by atoms with Crippen LogP contribution in [0.15, 0.2) is 29.9 Å². The van der Waals surface area contributed by atoms with Gasteiger partial charge in [-0.05, 0) is 63.3 Å². The van der Waals surface area contributed by atoms with Gasteiger partial charge in [0.15, 0.2) is 0 Å². The first kappa shape index (κ1) is 19.3. The molecule has 0 aromatic heterocycles. The maximum atomic E-state index is 11.9. The van der Waals surface area contributed by atoms with Crippen molar-refractivity contribution in [2.75, 3.05) is 0 Å². The Bertz CT molecular complexity index is 697. The number of benzene rings is 1. The van der Waals surface area contributed by atoms with Gasteiger partial charge < -0.3 is 9.84 Å². The molecule has 1 aliphatic rings. The SMILES string of the molecule is C/C(=C\CCC1(C)C=Cc2cc(O)c(C)cc2O1)CC(=O)CC(C)C. The number of ketones is 1. The van der Waals surface area contributed by atoms with Crippen LogP contribution in [0.5, 0.6) is 11.5 Å². The molecule has 0 fully saturated rings. The van der Waals surface area contributed by atoms with Crippen molar-refractivity contribution >= 4 is 11.9 Å². The van der Waals surface area contributed by atoms with Crippen LogP contribution in [-0.2, 0) is 4.79 Å². The normalized spacial score (nSPS) is 19.7. The van der Waals surface area contributed by atoms with Gasteiger partial charge in [0.2, 0.25) is 0 Å². The van der Waals surface area contributed by atoms with Gasteiger partial charge in [-0.25, -0.2) is 0 Å². The molecule has 1 aliphatic heterocycles. The summed E-state index contributed by atoms with van der Waals surface area (Å²) in [6, 6.07) is 3.63. The molecule has 0 amide bonds. The highest BCUT2D eigenvalue weighted by molar-refractivity contribution is 5.80. The van der Waals surface area contributed by atoms with Crippen molar-refractivity contribution < 1.29 is 14.6 Å². The Labute approximate surface area is 151 Å². The molecule has 0 radical (unpaired) electrons. The first-order chi connectivity index (χ1) is 11.7. The van der Waals surface area contributed by atoms with Crippen LogP contribution in [0.2, 0.25) is 0 Å². The fraction of sp³-hybridized carbons (Fsp3) is 0.500. The Morgan fingerprint density at radius 1 is 1.36 bits per heavy atom. The topological polar surface area (TPSA) is 46.5 Å². The number of carbonyl (C=O) groups is 1. The van der Waals surface area contributed by atoms with Gasteiger partial charge in [0.05, 0.1) is 0 Å². The molecule has 1 aromatic carbocycles. The first-order valence-corrected chi connectivity index (χ1v) is 9.08. The minimum Gasteiger partial charge on any atom is -0.508 e. The van der Waals surface area contributed by atoms with E-state index in [1.165, 1.54) is 0 Å². The van der Waals surface area contributed by atoms with Gasteiger partial charge in [0, 0.05) is 18.4 Å². The van der Waals surface area contributed by atoms with Crippen LogP contribution in [0, 0.1) is 12.8 Å². The van der Waals surface area contributed by atoms with E-state index in [9.17, 15) is 9.90 Å². The predicted molar refractivity (Wildman–Crippen MR) is 103 cm³/mol. The molecule has 0 spiro atoms. The molecule has 0 saturated carbocycles. The Morgan fingerprint density at radius 3 is 2.76 bits per heavy atom. The van der Waals surface area contributed by atoms with Crippen LogP contribution in [0.4, 0.5) is 0 Å². The molecular weight excluding hydrogens is 312 g/mol. The number of ether oxygens (including phenoxy) is 1. The lowest BCUT2D eigenvalue weighted by molar-refractivity contribution is -0.119. The molecule has 1 N–H and O–H groups in total. The highest BCUT2D eigenvalue weighted by Gasteiger charge is 2.27. The van der Waals surface area contributed by atoms with Crippen molar-refractivity contribution in [3.05, 3.63) is 41.0 Å². The number of fused-ring (bicyclic) bond motifs is 1. The van der Waals surface area contributed by atoms with Crippen molar-refractivity contribution in [1.29, 1.82) is 0 Å². The van der Waals surface area contributed by atoms with Crippen LogP contribution < -0.4 is 4.74 Å². The fourth-order valence-corrected chi connectivity index (χ4v) is 3.11. The van der Waals surface area contributed by atoms with Crippen LogP contribution in [0.1, 0.15) is 64.5 Å². The number of hydrogen-bond donors (Lipinski definition) is 1. The van der Waals surface area contributed by atoms with Crippen LogP contribution in [-0.4, -0.2) is 16.5 Å². The molecule has 0 saturated heterocycles. The third kappa shape index (κ3) is 5.48. The lowest BCUT2D eigenvalue weighted by atomic mass is 9.93. The fourth-order valence-electron chi connectivity index (χ4n) is 3.11. The third-order valence-electron chi connectivity index (χ3n) is 4.53. The molecule has 3 heteroatoms. The number of carbonyl (C=O) groups excluding carboxylic acids is 1. The molecular formula is C22H30O3. The van der Waals surface area contributed by atoms with E-state index in [2.05, 4.69) is 32.9 Å². The third-order valence-corrected chi connectivity index (χ3v) is 4.53. The molecule has 136 valence electrons. The highest BCUT2D eigenvalue weighted by atomic mass is 16.5. The summed E-state index contributed by atoms with van der Waals surface area (Å²) in [5.74, 6) is 1.84. The number of Topliss-reactive ketones (excluding diaryl/α,β-unsaturated/α-hetero) is 1. The zero-order valence-electron chi connectivity index (χ0n) is 16.1. The Hall–Kier alpha value is -2.03. The van der Waals surface area contributed by atoms with E-state index in [0.717, 1.165) is 35.3 Å². The number of phenols is 1. The summed E-state index contributed by atoms with van der Waals surface area (Å²) in [5, 5.41) is 9.81. The van der Waals surface area contributed by atoms with E-state index in [-0.39, 0.29) is 5.60 Å². The summed E-state index contributed by atoms with van der Waals surface area (Å²) in [4.78, 5) is 11.9. The monoisotopic (exact) mass is 342 g/mol. The summed E-state index contributed by atoms with van der Waals surface area (Å²) in [6.07, 6.45) is 9.13. The van der Waals surface area contributed by atoms with Gasteiger partial charge >= 0.3 is 0 Å². The second-order valence-corrected chi connectivity index (χ2v) is 7.83. The average molecular weight is 342 g/mol. The number of aryl methyl sites for hydroxylation is 1. The largest absolute Gasteiger partial charge is 0.508 e. The number of phenolic OH excluding ortho intramolecular Hbond substituents is 1. The van der Waals surface area contributed by atoms with Gasteiger partial charge in [0.25, 0.3) is 0 Å². The molecule has 3 nitrogen and oxygen atoms in total. The van der Waals surface area contributed by atoms with E-state index in [4.69, 9.17) is 4.74 Å². The Morgan fingerprint density at radius 2 is 2.08 bits per heavy atom. The summed E-state index contributed by atoms with van der Waals surface area (Å²) < 4.78 is 6.18.